The molecule has 1 heterocycles. The van der Waals surface area contributed by atoms with Gasteiger partial charge in [0.15, 0.2) is 0 Å². The first-order chi connectivity index (χ1) is 9.55. The first-order valence-corrected chi connectivity index (χ1v) is 7.29. The molecule has 0 amide bonds. The molecule has 1 fully saturated rings. The average molecular weight is 277 g/mol. The normalized spacial score (nSPS) is 16.9. The largest absolute Gasteiger partial charge is 0.466 e. The second-order valence-electron chi connectivity index (χ2n) is 5.54. The fourth-order valence-corrected chi connectivity index (χ4v) is 2.84. The smallest absolute Gasteiger partial charge is 0.313 e. The topological polar surface area (TPSA) is 64.1 Å². The summed E-state index contributed by atoms with van der Waals surface area (Å²) in [5.74, 6) is 0.507. The third-order valence-electron chi connectivity index (χ3n) is 3.84. The molecule has 1 aromatic rings. The first kappa shape index (κ1) is 14.8. The van der Waals surface area contributed by atoms with E-state index >= 15 is 0 Å². The lowest BCUT2D eigenvalue weighted by molar-refractivity contribution is -0.154. The van der Waals surface area contributed by atoms with Gasteiger partial charge >= 0.3 is 5.97 Å². The predicted octanol–water partition coefficient (Wildman–Crippen LogP) is 2.63. The number of nitrogens with one attached hydrogen (secondary N) is 1. The van der Waals surface area contributed by atoms with Gasteiger partial charge in [0.2, 0.25) is 5.95 Å². The van der Waals surface area contributed by atoms with Crippen molar-refractivity contribution in [2.75, 3.05) is 18.5 Å². The molecule has 0 atom stereocenters. The van der Waals surface area contributed by atoms with E-state index < -0.39 is 5.41 Å². The van der Waals surface area contributed by atoms with Crippen LogP contribution in [0.3, 0.4) is 0 Å². The number of hydrogen-bond donors (Lipinski definition) is 1. The molecule has 0 saturated heterocycles. The number of rotatable bonds is 5. The van der Waals surface area contributed by atoms with Gasteiger partial charge in [0.25, 0.3) is 0 Å². The van der Waals surface area contributed by atoms with Crippen molar-refractivity contribution in [1.82, 2.24) is 9.97 Å². The van der Waals surface area contributed by atoms with Crippen LogP contribution in [0.15, 0.2) is 6.07 Å². The highest BCUT2D eigenvalue weighted by Crippen LogP contribution is 2.39. The van der Waals surface area contributed by atoms with E-state index in [1.165, 1.54) is 0 Å². The number of hydrogen-bond acceptors (Lipinski definition) is 5. The van der Waals surface area contributed by atoms with E-state index in [9.17, 15) is 4.79 Å². The fraction of sp³-hybridized carbons (Fsp3) is 0.667. The highest BCUT2D eigenvalue weighted by Gasteiger charge is 2.42. The van der Waals surface area contributed by atoms with Crippen molar-refractivity contribution < 1.29 is 9.53 Å². The molecule has 5 heteroatoms. The highest BCUT2D eigenvalue weighted by atomic mass is 16.5. The van der Waals surface area contributed by atoms with Crippen molar-refractivity contribution in [3.63, 3.8) is 0 Å². The lowest BCUT2D eigenvalue weighted by atomic mass is 9.86. The van der Waals surface area contributed by atoms with Gasteiger partial charge in [0, 0.05) is 17.9 Å². The molecular formula is C15H23N3O2. The Kier molecular flexibility index (Phi) is 4.57. The number of carbonyl (C=O) groups excluding carboxylic acids is 1. The van der Waals surface area contributed by atoms with Crippen LogP contribution in [-0.4, -0.2) is 29.1 Å². The summed E-state index contributed by atoms with van der Waals surface area (Å²) in [6.07, 6.45) is 3.91. The molecule has 0 spiro atoms. The number of esters is 1. The Bertz CT molecular complexity index is 462. The SMILES string of the molecule is CCOC(=O)C1(CNc2nc(C)cc(C)n2)CCCC1. The molecule has 20 heavy (non-hydrogen) atoms. The molecule has 0 aromatic carbocycles. The summed E-state index contributed by atoms with van der Waals surface area (Å²) in [7, 11) is 0. The number of anilines is 1. The predicted molar refractivity (Wildman–Crippen MR) is 77.5 cm³/mol. The minimum atomic E-state index is -0.406. The summed E-state index contributed by atoms with van der Waals surface area (Å²) in [6, 6.07) is 1.93. The minimum Gasteiger partial charge on any atom is -0.466 e. The molecule has 5 nitrogen and oxygen atoms in total. The summed E-state index contributed by atoms with van der Waals surface area (Å²) in [5.41, 5.74) is 1.45. The molecule has 1 N–H and O–H groups in total. The van der Waals surface area contributed by atoms with Gasteiger partial charge in [-0.25, -0.2) is 9.97 Å². The van der Waals surface area contributed by atoms with Crippen molar-refractivity contribution in [3.05, 3.63) is 17.5 Å². The Morgan fingerprint density at radius 2 is 1.90 bits per heavy atom. The lowest BCUT2D eigenvalue weighted by Gasteiger charge is -2.26. The van der Waals surface area contributed by atoms with Gasteiger partial charge in [-0.15, -0.1) is 0 Å². The summed E-state index contributed by atoms with van der Waals surface area (Å²) in [5, 5.41) is 3.23. The van der Waals surface area contributed by atoms with E-state index in [1.54, 1.807) is 0 Å². The van der Waals surface area contributed by atoms with Crippen molar-refractivity contribution >= 4 is 11.9 Å². The molecule has 0 radical (unpaired) electrons. The number of aromatic nitrogens is 2. The molecular weight excluding hydrogens is 254 g/mol. The zero-order valence-electron chi connectivity index (χ0n) is 12.5. The number of ether oxygens (including phenoxy) is 1. The molecule has 1 saturated carbocycles. The second kappa shape index (κ2) is 6.20. The van der Waals surface area contributed by atoms with E-state index in [1.807, 2.05) is 26.8 Å². The highest BCUT2D eigenvalue weighted by molar-refractivity contribution is 5.78. The Balaban J connectivity index is 2.07. The van der Waals surface area contributed by atoms with Gasteiger partial charge in [-0.2, -0.15) is 0 Å². The van der Waals surface area contributed by atoms with Crippen LogP contribution in [-0.2, 0) is 9.53 Å². The lowest BCUT2D eigenvalue weighted by Crippen LogP contribution is -2.37. The van der Waals surface area contributed by atoms with Crippen molar-refractivity contribution in [1.29, 1.82) is 0 Å². The van der Waals surface area contributed by atoms with Crippen LogP contribution in [0.2, 0.25) is 0 Å². The maximum atomic E-state index is 12.2. The zero-order valence-corrected chi connectivity index (χ0v) is 12.5. The van der Waals surface area contributed by atoms with Crippen molar-refractivity contribution in [2.45, 2.75) is 46.5 Å². The monoisotopic (exact) mass is 277 g/mol. The number of aryl methyl sites for hydroxylation is 2. The molecule has 0 unspecified atom stereocenters. The van der Waals surface area contributed by atoms with Crippen LogP contribution in [0.4, 0.5) is 5.95 Å². The van der Waals surface area contributed by atoms with Gasteiger partial charge in [-0.3, -0.25) is 4.79 Å². The van der Waals surface area contributed by atoms with Crippen LogP contribution in [0, 0.1) is 19.3 Å². The van der Waals surface area contributed by atoms with Gasteiger partial charge in [0.1, 0.15) is 0 Å². The summed E-state index contributed by atoms with van der Waals surface area (Å²) < 4.78 is 5.25. The van der Waals surface area contributed by atoms with Crippen LogP contribution >= 0.6 is 0 Å². The maximum absolute atomic E-state index is 12.2. The Labute approximate surface area is 120 Å². The molecule has 0 aliphatic heterocycles. The van der Waals surface area contributed by atoms with E-state index in [0.29, 0.717) is 19.1 Å². The van der Waals surface area contributed by atoms with Crippen LogP contribution in [0.25, 0.3) is 0 Å². The Morgan fingerprint density at radius 1 is 1.30 bits per heavy atom. The summed E-state index contributed by atoms with van der Waals surface area (Å²) in [6.45, 7) is 6.71. The Morgan fingerprint density at radius 3 is 2.45 bits per heavy atom. The standard InChI is InChI=1S/C15H23N3O2/c1-4-20-13(19)15(7-5-6-8-15)10-16-14-17-11(2)9-12(3)18-14/h9H,4-8,10H2,1-3H3,(H,16,17,18). The van der Waals surface area contributed by atoms with Crippen molar-refractivity contribution in [2.24, 2.45) is 5.41 Å². The number of nitrogens with zero attached hydrogens (tertiary/aromatic N) is 2. The van der Waals surface area contributed by atoms with E-state index in [2.05, 4.69) is 15.3 Å². The van der Waals surface area contributed by atoms with E-state index in [0.717, 1.165) is 37.1 Å². The molecule has 110 valence electrons. The van der Waals surface area contributed by atoms with Crippen LogP contribution in [0.5, 0.6) is 0 Å². The fourth-order valence-electron chi connectivity index (χ4n) is 2.84. The first-order valence-electron chi connectivity index (χ1n) is 7.29. The van der Waals surface area contributed by atoms with E-state index in [4.69, 9.17) is 4.74 Å². The molecule has 1 aliphatic rings. The van der Waals surface area contributed by atoms with Crippen molar-refractivity contribution in [3.8, 4) is 0 Å². The van der Waals surface area contributed by atoms with Gasteiger partial charge in [-0.1, -0.05) is 12.8 Å². The summed E-state index contributed by atoms with van der Waals surface area (Å²) in [4.78, 5) is 20.9. The van der Waals surface area contributed by atoms with E-state index in [-0.39, 0.29) is 5.97 Å². The molecule has 1 aromatic heterocycles. The van der Waals surface area contributed by atoms with Crippen LogP contribution in [0.1, 0.15) is 44.0 Å². The minimum absolute atomic E-state index is 0.0885. The summed E-state index contributed by atoms with van der Waals surface area (Å²) >= 11 is 0. The second-order valence-corrected chi connectivity index (χ2v) is 5.54. The number of carbonyl (C=O) groups is 1. The van der Waals surface area contributed by atoms with Crippen LogP contribution < -0.4 is 5.32 Å². The maximum Gasteiger partial charge on any atom is 0.313 e. The average Bonchev–Trinajstić information content (AvgIpc) is 2.86. The third kappa shape index (κ3) is 3.26. The Hall–Kier alpha value is -1.65. The van der Waals surface area contributed by atoms with Gasteiger partial charge in [-0.05, 0) is 39.7 Å². The zero-order chi connectivity index (χ0) is 14.6. The molecule has 1 aliphatic carbocycles. The molecule has 0 bridgehead atoms. The third-order valence-corrected chi connectivity index (χ3v) is 3.84. The van der Waals surface area contributed by atoms with Gasteiger partial charge < -0.3 is 10.1 Å². The molecule has 2 rings (SSSR count). The quantitative estimate of drug-likeness (QED) is 0.838. The van der Waals surface area contributed by atoms with Gasteiger partial charge in [0.05, 0.1) is 12.0 Å².